The maximum atomic E-state index is 13.9. The first kappa shape index (κ1) is 17.4. The summed E-state index contributed by atoms with van der Waals surface area (Å²) >= 11 is 0. The number of hydrogen-bond acceptors (Lipinski definition) is 3. The largest absolute Gasteiger partial charge is 0.417 e. The Labute approximate surface area is 141 Å². The molecule has 1 saturated heterocycles. The molecule has 0 bridgehead atoms. The lowest BCUT2D eigenvalue weighted by Crippen LogP contribution is -2.47. The number of alkyl halides is 3. The molecule has 3 rings (SSSR count). The van der Waals surface area contributed by atoms with Crippen molar-refractivity contribution in [2.24, 2.45) is 0 Å². The smallest absolute Gasteiger partial charge is 0.366 e. The topological polar surface area (TPSA) is 19.4 Å². The fourth-order valence-corrected chi connectivity index (χ4v) is 2.95. The molecule has 0 saturated carbocycles. The van der Waals surface area contributed by atoms with Crippen molar-refractivity contribution in [2.75, 3.05) is 36.0 Å². The molecule has 1 aromatic heterocycles. The third kappa shape index (κ3) is 3.52. The number of aromatic nitrogens is 1. The summed E-state index contributed by atoms with van der Waals surface area (Å²) in [5, 5.41) is 0. The number of nitrogens with zero attached hydrogens (tertiary/aromatic N) is 3. The molecule has 0 aliphatic carbocycles. The van der Waals surface area contributed by atoms with Crippen LogP contribution in [0.3, 0.4) is 0 Å². The van der Waals surface area contributed by atoms with Gasteiger partial charge in [0.25, 0.3) is 0 Å². The van der Waals surface area contributed by atoms with Crippen molar-refractivity contribution in [3.8, 4) is 0 Å². The predicted octanol–water partition coefficient (Wildman–Crippen LogP) is 4.01. The Morgan fingerprint density at radius 3 is 2.24 bits per heavy atom. The van der Waals surface area contributed by atoms with E-state index in [2.05, 4.69) is 4.98 Å². The Hall–Kier alpha value is -2.38. The van der Waals surface area contributed by atoms with Crippen LogP contribution in [0.15, 0.2) is 30.5 Å². The Balaban J connectivity index is 1.73. The zero-order valence-electron chi connectivity index (χ0n) is 13.4. The van der Waals surface area contributed by atoms with E-state index in [1.165, 1.54) is 12.1 Å². The molecule has 1 fully saturated rings. The van der Waals surface area contributed by atoms with Crippen molar-refractivity contribution >= 4 is 11.5 Å². The zero-order chi connectivity index (χ0) is 18.2. The number of hydrogen-bond donors (Lipinski definition) is 0. The van der Waals surface area contributed by atoms with Crippen molar-refractivity contribution in [1.29, 1.82) is 0 Å². The highest BCUT2D eigenvalue weighted by atomic mass is 19.4. The lowest BCUT2D eigenvalue weighted by molar-refractivity contribution is -0.137. The van der Waals surface area contributed by atoms with Gasteiger partial charge in [0, 0.05) is 32.4 Å². The van der Waals surface area contributed by atoms with Gasteiger partial charge in [-0.15, -0.1) is 0 Å². The standard InChI is InChI=1S/C17H16F5N3/c1-11-9-12(17(20,21)22)10-23-16(11)25-7-5-24(6-8-25)14-4-2-3-13(18)15(14)19/h2-4,9-10H,5-8H2,1H3. The first-order valence-electron chi connectivity index (χ1n) is 7.75. The summed E-state index contributed by atoms with van der Waals surface area (Å²) in [7, 11) is 0. The monoisotopic (exact) mass is 357 g/mol. The zero-order valence-corrected chi connectivity index (χ0v) is 13.4. The van der Waals surface area contributed by atoms with E-state index in [1.54, 1.807) is 11.8 Å². The quantitative estimate of drug-likeness (QED) is 0.757. The lowest BCUT2D eigenvalue weighted by Gasteiger charge is -2.37. The summed E-state index contributed by atoms with van der Waals surface area (Å²) in [4.78, 5) is 7.52. The van der Waals surface area contributed by atoms with Crippen molar-refractivity contribution in [1.82, 2.24) is 4.98 Å². The number of anilines is 2. The second-order valence-corrected chi connectivity index (χ2v) is 5.91. The van der Waals surface area contributed by atoms with Crippen molar-refractivity contribution in [3.63, 3.8) is 0 Å². The van der Waals surface area contributed by atoms with Crippen molar-refractivity contribution in [3.05, 3.63) is 53.2 Å². The van der Waals surface area contributed by atoms with Crippen LogP contribution in [0, 0.1) is 18.6 Å². The first-order chi connectivity index (χ1) is 11.8. The SMILES string of the molecule is Cc1cc(C(F)(F)F)cnc1N1CCN(c2cccc(F)c2F)CC1. The second kappa shape index (κ2) is 6.50. The first-order valence-corrected chi connectivity index (χ1v) is 7.75. The van der Waals surface area contributed by atoms with Gasteiger partial charge >= 0.3 is 6.18 Å². The third-order valence-electron chi connectivity index (χ3n) is 4.23. The van der Waals surface area contributed by atoms with E-state index in [0.717, 1.165) is 18.3 Å². The van der Waals surface area contributed by atoms with Crippen LogP contribution in [0.4, 0.5) is 33.5 Å². The van der Waals surface area contributed by atoms with Gasteiger partial charge in [0.15, 0.2) is 11.6 Å². The van der Waals surface area contributed by atoms with Gasteiger partial charge in [0.2, 0.25) is 0 Å². The number of rotatable bonds is 2. The molecule has 2 heterocycles. The lowest BCUT2D eigenvalue weighted by atomic mass is 10.1. The number of halogens is 5. The molecular weight excluding hydrogens is 341 g/mol. The van der Waals surface area contributed by atoms with E-state index in [1.807, 2.05) is 4.90 Å². The van der Waals surface area contributed by atoms with Crippen LogP contribution in [0.25, 0.3) is 0 Å². The van der Waals surface area contributed by atoms with E-state index in [4.69, 9.17) is 0 Å². The number of benzene rings is 1. The molecule has 1 aliphatic heterocycles. The van der Waals surface area contributed by atoms with E-state index in [9.17, 15) is 22.0 Å². The maximum Gasteiger partial charge on any atom is 0.417 e. The van der Waals surface area contributed by atoms with Crippen LogP contribution in [-0.4, -0.2) is 31.2 Å². The van der Waals surface area contributed by atoms with Gasteiger partial charge in [-0.3, -0.25) is 0 Å². The van der Waals surface area contributed by atoms with E-state index in [0.29, 0.717) is 37.6 Å². The summed E-state index contributed by atoms with van der Waals surface area (Å²) in [6.07, 6.45) is -3.61. The Morgan fingerprint density at radius 1 is 1.00 bits per heavy atom. The Kier molecular flexibility index (Phi) is 4.53. The molecule has 0 unspecified atom stereocenters. The highest BCUT2D eigenvalue weighted by Gasteiger charge is 2.32. The van der Waals surface area contributed by atoms with Crippen LogP contribution < -0.4 is 9.80 Å². The van der Waals surface area contributed by atoms with E-state index < -0.39 is 23.4 Å². The molecule has 3 nitrogen and oxygen atoms in total. The van der Waals surface area contributed by atoms with Crippen LogP contribution in [0.5, 0.6) is 0 Å². The summed E-state index contributed by atoms with van der Waals surface area (Å²) in [5.74, 6) is -1.31. The van der Waals surface area contributed by atoms with Gasteiger partial charge in [-0.05, 0) is 30.7 Å². The molecule has 0 spiro atoms. The molecule has 1 aliphatic rings. The molecule has 134 valence electrons. The number of pyridine rings is 1. The fraction of sp³-hybridized carbons (Fsp3) is 0.353. The van der Waals surface area contributed by atoms with E-state index >= 15 is 0 Å². The van der Waals surface area contributed by atoms with Gasteiger partial charge in [-0.25, -0.2) is 13.8 Å². The molecule has 0 atom stereocenters. The number of aryl methyl sites for hydroxylation is 1. The van der Waals surface area contributed by atoms with Crippen LogP contribution in [0.2, 0.25) is 0 Å². The Bertz CT molecular complexity index is 767. The highest BCUT2D eigenvalue weighted by Crippen LogP contribution is 2.31. The minimum absolute atomic E-state index is 0.191. The molecule has 1 aromatic carbocycles. The van der Waals surface area contributed by atoms with Crippen LogP contribution >= 0.6 is 0 Å². The minimum atomic E-state index is -4.43. The summed E-state index contributed by atoms with van der Waals surface area (Å²) in [6.45, 7) is 3.32. The predicted molar refractivity (Wildman–Crippen MR) is 84.8 cm³/mol. The van der Waals surface area contributed by atoms with Crippen LogP contribution in [0.1, 0.15) is 11.1 Å². The molecule has 2 aromatic rings. The van der Waals surface area contributed by atoms with Gasteiger partial charge in [0.05, 0.1) is 11.3 Å². The van der Waals surface area contributed by atoms with Gasteiger partial charge in [-0.2, -0.15) is 13.2 Å². The average Bonchev–Trinajstić information content (AvgIpc) is 2.57. The molecular formula is C17H16F5N3. The van der Waals surface area contributed by atoms with Gasteiger partial charge < -0.3 is 9.80 Å². The summed E-state index contributed by atoms with van der Waals surface area (Å²) in [5.41, 5.74) is -0.161. The Morgan fingerprint density at radius 2 is 1.64 bits per heavy atom. The molecule has 25 heavy (non-hydrogen) atoms. The van der Waals surface area contributed by atoms with Gasteiger partial charge in [0.1, 0.15) is 5.82 Å². The molecule has 0 N–H and O–H groups in total. The fourth-order valence-electron chi connectivity index (χ4n) is 2.95. The molecule has 0 radical (unpaired) electrons. The average molecular weight is 357 g/mol. The highest BCUT2D eigenvalue weighted by molar-refractivity contribution is 5.53. The molecule has 0 amide bonds. The van der Waals surface area contributed by atoms with Crippen molar-refractivity contribution < 1.29 is 22.0 Å². The van der Waals surface area contributed by atoms with Crippen molar-refractivity contribution in [2.45, 2.75) is 13.1 Å². The van der Waals surface area contributed by atoms with E-state index in [-0.39, 0.29) is 5.69 Å². The summed E-state index contributed by atoms with van der Waals surface area (Å²) in [6, 6.07) is 5.09. The normalized spacial score (nSPS) is 15.6. The summed E-state index contributed by atoms with van der Waals surface area (Å²) < 4.78 is 65.4. The van der Waals surface area contributed by atoms with Gasteiger partial charge in [-0.1, -0.05) is 6.07 Å². The maximum absolute atomic E-state index is 13.9. The number of piperazine rings is 1. The minimum Gasteiger partial charge on any atom is -0.366 e. The van der Waals surface area contributed by atoms with Crippen LogP contribution in [-0.2, 0) is 6.18 Å². The second-order valence-electron chi connectivity index (χ2n) is 5.91. The third-order valence-corrected chi connectivity index (χ3v) is 4.23. The molecule has 8 heteroatoms.